The fourth-order valence-corrected chi connectivity index (χ4v) is 2.72. The molecular formula is C15H23N3O. The molecule has 3 N–H and O–H groups in total. The molecule has 1 unspecified atom stereocenters. The zero-order valence-corrected chi connectivity index (χ0v) is 11.6. The van der Waals surface area contributed by atoms with E-state index in [1.165, 1.54) is 17.7 Å². The number of carbonyl (C=O) groups is 1. The first kappa shape index (κ1) is 13.9. The summed E-state index contributed by atoms with van der Waals surface area (Å²) in [4.78, 5) is 13.7. The molecule has 0 aliphatic carbocycles. The Morgan fingerprint density at radius 3 is 3.00 bits per heavy atom. The standard InChI is InChI=1S/C15H23N3O/c1-2-17-13(15(16)19)9-11-18-10-5-7-12-6-3-4-8-14(12)18/h3-4,6,8,13,17H,2,5,7,9-11H2,1H3,(H2,16,19). The van der Waals surface area contributed by atoms with Gasteiger partial charge in [0.15, 0.2) is 0 Å². The summed E-state index contributed by atoms with van der Waals surface area (Å²) in [6.07, 6.45) is 3.09. The predicted octanol–water partition coefficient (Wildman–Crippen LogP) is 1.29. The van der Waals surface area contributed by atoms with Gasteiger partial charge in [0.25, 0.3) is 0 Å². The van der Waals surface area contributed by atoms with Crippen LogP contribution in [0.2, 0.25) is 0 Å². The van der Waals surface area contributed by atoms with Crippen LogP contribution in [-0.4, -0.2) is 31.6 Å². The highest BCUT2D eigenvalue weighted by molar-refractivity contribution is 5.79. The second kappa shape index (κ2) is 6.57. The molecule has 4 nitrogen and oxygen atoms in total. The minimum absolute atomic E-state index is 0.223. The van der Waals surface area contributed by atoms with Gasteiger partial charge in [0, 0.05) is 18.8 Å². The molecule has 1 aromatic carbocycles. The van der Waals surface area contributed by atoms with E-state index in [4.69, 9.17) is 5.73 Å². The quantitative estimate of drug-likeness (QED) is 0.811. The number of hydrogen-bond acceptors (Lipinski definition) is 3. The zero-order valence-electron chi connectivity index (χ0n) is 11.6. The van der Waals surface area contributed by atoms with Crippen LogP contribution in [0.15, 0.2) is 24.3 Å². The van der Waals surface area contributed by atoms with Crippen molar-refractivity contribution in [2.75, 3.05) is 24.5 Å². The van der Waals surface area contributed by atoms with Crippen LogP contribution in [0.4, 0.5) is 5.69 Å². The van der Waals surface area contributed by atoms with E-state index in [9.17, 15) is 4.79 Å². The van der Waals surface area contributed by atoms with Gasteiger partial charge in [-0.15, -0.1) is 0 Å². The molecule has 4 heteroatoms. The Bertz CT molecular complexity index is 433. The highest BCUT2D eigenvalue weighted by Crippen LogP contribution is 2.26. The second-order valence-electron chi connectivity index (χ2n) is 5.02. The van der Waals surface area contributed by atoms with E-state index in [0.717, 1.165) is 32.5 Å². The van der Waals surface area contributed by atoms with Crippen molar-refractivity contribution in [2.24, 2.45) is 5.73 Å². The number of para-hydroxylation sites is 1. The minimum Gasteiger partial charge on any atom is -0.371 e. The predicted molar refractivity (Wildman–Crippen MR) is 78.3 cm³/mol. The van der Waals surface area contributed by atoms with Crippen molar-refractivity contribution in [1.29, 1.82) is 0 Å². The number of nitrogens with two attached hydrogens (primary N) is 1. The number of anilines is 1. The van der Waals surface area contributed by atoms with Crippen LogP contribution in [0, 0.1) is 0 Å². The summed E-state index contributed by atoms with van der Waals surface area (Å²) in [5.41, 5.74) is 8.14. The van der Waals surface area contributed by atoms with Gasteiger partial charge in [-0.05, 0) is 37.4 Å². The van der Waals surface area contributed by atoms with Crippen LogP contribution >= 0.6 is 0 Å². The molecule has 1 aromatic rings. The molecule has 2 rings (SSSR count). The van der Waals surface area contributed by atoms with E-state index in [1.54, 1.807) is 0 Å². The molecule has 0 aromatic heterocycles. The van der Waals surface area contributed by atoms with Crippen molar-refractivity contribution < 1.29 is 4.79 Å². The van der Waals surface area contributed by atoms with Gasteiger partial charge < -0.3 is 16.0 Å². The highest BCUT2D eigenvalue weighted by Gasteiger charge is 2.19. The molecule has 0 bridgehead atoms. The maximum atomic E-state index is 11.3. The van der Waals surface area contributed by atoms with Gasteiger partial charge in [0.1, 0.15) is 0 Å². The van der Waals surface area contributed by atoms with Gasteiger partial charge >= 0.3 is 0 Å². The first-order valence-electron chi connectivity index (χ1n) is 7.08. The van der Waals surface area contributed by atoms with Crippen LogP contribution in [0.3, 0.4) is 0 Å². The third-order valence-corrected chi connectivity index (χ3v) is 3.69. The Balaban J connectivity index is 1.98. The lowest BCUT2D eigenvalue weighted by molar-refractivity contribution is -0.120. The lowest BCUT2D eigenvalue weighted by atomic mass is 10.0. The van der Waals surface area contributed by atoms with Gasteiger partial charge in [0.2, 0.25) is 5.91 Å². The first-order chi connectivity index (χ1) is 9.22. The molecular weight excluding hydrogens is 238 g/mol. The number of nitrogens with zero attached hydrogens (tertiary/aromatic N) is 1. The summed E-state index contributed by atoms with van der Waals surface area (Å²) in [7, 11) is 0. The number of carbonyl (C=O) groups excluding carboxylic acids is 1. The number of amides is 1. The average molecular weight is 261 g/mol. The number of likely N-dealkylation sites (N-methyl/N-ethyl adjacent to an activating group) is 1. The molecule has 0 saturated heterocycles. The molecule has 0 radical (unpaired) electrons. The summed E-state index contributed by atoms with van der Waals surface area (Å²) in [6.45, 7) is 4.70. The minimum atomic E-state index is -0.257. The molecule has 0 saturated carbocycles. The number of primary amides is 1. The molecule has 1 aliphatic rings. The SMILES string of the molecule is CCNC(CCN1CCCc2ccccc21)C(N)=O. The second-order valence-corrected chi connectivity index (χ2v) is 5.02. The summed E-state index contributed by atoms with van der Waals surface area (Å²) >= 11 is 0. The van der Waals surface area contributed by atoms with Crippen LogP contribution in [0.25, 0.3) is 0 Å². The molecule has 0 fully saturated rings. The topological polar surface area (TPSA) is 58.4 Å². The number of hydrogen-bond donors (Lipinski definition) is 2. The lowest BCUT2D eigenvalue weighted by Crippen LogP contribution is -2.44. The summed E-state index contributed by atoms with van der Waals surface area (Å²) in [6, 6.07) is 8.30. The molecule has 0 spiro atoms. The Hall–Kier alpha value is -1.55. The van der Waals surface area contributed by atoms with E-state index in [-0.39, 0.29) is 11.9 Å². The normalized spacial score (nSPS) is 15.9. The summed E-state index contributed by atoms with van der Waals surface area (Å²) in [5, 5.41) is 3.14. The van der Waals surface area contributed by atoms with E-state index in [0.29, 0.717) is 0 Å². The van der Waals surface area contributed by atoms with Crippen molar-refractivity contribution in [3.8, 4) is 0 Å². The Morgan fingerprint density at radius 1 is 1.47 bits per heavy atom. The fourth-order valence-electron chi connectivity index (χ4n) is 2.72. The van der Waals surface area contributed by atoms with E-state index >= 15 is 0 Å². The maximum Gasteiger partial charge on any atom is 0.234 e. The van der Waals surface area contributed by atoms with Gasteiger partial charge in [-0.25, -0.2) is 0 Å². The van der Waals surface area contributed by atoms with Gasteiger partial charge in [-0.2, -0.15) is 0 Å². The number of benzene rings is 1. The van der Waals surface area contributed by atoms with Crippen molar-refractivity contribution in [3.05, 3.63) is 29.8 Å². The molecule has 1 aliphatic heterocycles. The average Bonchev–Trinajstić information content (AvgIpc) is 2.43. The third kappa shape index (κ3) is 3.47. The van der Waals surface area contributed by atoms with Crippen molar-refractivity contribution in [2.45, 2.75) is 32.2 Å². The van der Waals surface area contributed by atoms with Gasteiger partial charge in [0.05, 0.1) is 6.04 Å². The summed E-state index contributed by atoms with van der Waals surface area (Å²) < 4.78 is 0. The summed E-state index contributed by atoms with van der Waals surface area (Å²) in [5.74, 6) is -0.257. The van der Waals surface area contributed by atoms with Crippen molar-refractivity contribution >= 4 is 11.6 Å². The molecule has 19 heavy (non-hydrogen) atoms. The molecule has 1 atom stereocenters. The fraction of sp³-hybridized carbons (Fsp3) is 0.533. The van der Waals surface area contributed by atoms with Crippen molar-refractivity contribution in [3.63, 3.8) is 0 Å². The van der Waals surface area contributed by atoms with Crippen LogP contribution in [0.5, 0.6) is 0 Å². The molecule has 104 valence electrons. The zero-order chi connectivity index (χ0) is 13.7. The van der Waals surface area contributed by atoms with Crippen LogP contribution in [-0.2, 0) is 11.2 Å². The molecule has 1 heterocycles. The highest BCUT2D eigenvalue weighted by atomic mass is 16.1. The maximum absolute atomic E-state index is 11.3. The van der Waals surface area contributed by atoms with Crippen LogP contribution < -0.4 is 16.0 Å². The van der Waals surface area contributed by atoms with E-state index in [1.807, 2.05) is 6.92 Å². The Morgan fingerprint density at radius 2 is 2.26 bits per heavy atom. The monoisotopic (exact) mass is 261 g/mol. The molecule has 1 amide bonds. The van der Waals surface area contributed by atoms with Crippen LogP contribution in [0.1, 0.15) is 25.3 Å². The Kier molecular flexibility index (Phi) is 4.80. The van der Waals surface area contributed by atoms with E-state index in [2.05, 4.69) is 34.5 Å². The number of nitrogens with one attached hydrogen (secondary N) is 1. The number of fused-ring (bicyclic) bond motifs is 1. The Labute approximate surface area is 115 Å². The lowest BCUT2D eigenvalue weighted by Gasteiger charge is -2.32. The largest absolute Gasteiger partial charge is 0.371 e. The van der Waals surface area contributed by atoms with E-state index < -0.39 is 0 Å². The third-order valence-electron chi connectivity index (χ3n) is 3.69. The number of rotatable bonds is 6. The van der Waals surface area contributed by atoms with Gasteiger partial charge in [-0.1, -0.05) is 25.1 Å². The van der Waals surface area contributed by atoms with Gasteiger partial charge in [-0.3, -0.25) is 4.79 Å². The number of aryl methyl sites for hydroxylation is 1. The smallest absolute Gasteiger partial charge is 0.234 e. The first-order valence-corrected chi connectivity index (χ1v) is 7.08. The van der Waals surface area contributed by atoms with Crippen molar-refractivity contribution in [1.82, 2.24) is 5.32 Å².